The van der Waals surface area contributed by atoms with Gasteiger partial charge in [-0.1, -0.05) is 0 Å². The molecule has 0 atom stereocenters. The summed E-state index contributed by atoms with van der Waals surface area (Å²) < 4.78 is 41.5. The molecule has 0 spiro atoms. The Labute approximate surface area is 106 Å². The normalized spacial score (nSPS) is 11.2. The van der Waals surface area contributed by atoms with Gasteiger partial charge in [-0.3, -0.25) is 4.98 Å². The molecular weight excluding hydrogens is 255 g/mol. The number of pyridine rings is 1. The minimum Gasteiger partial charge on any atom is -0.325 e. The van der Waals surface area contributed by atoms with E-state index in [2.05, 4.69) is 9.97 Å². The van der Waals surface area contributed by atoms with Crippen LogP contribution in [0.4, 0.5) is 13.2 Å². The van der Waals surface area contributed by atoms with Gasteiger partial charge in [0.25, 0.3) is 0 Å². The van der Waals surface area contributed by atoms with Crippen LogP contribution in [-0.2, 0) is 7.05 Å². The zero-order chi connectivity index (χ0) is 13.6. The fourth-order valence-electron chi connectivity index (χ4n) is 2.03. The van der Waals surface area contributed by atoms with Crippen LogP contribution in [0.15, 0.2) is 30.6 Å². The molecule has 0 aliphatic carbocycles. The molecule has 2 aromatic heterocycles. The standard InChI is InChI=1S/C13H8F3N3/c1-19-12-10(3-2-9(15)11(12)16)18-13(19)7-4-8(14)6-17-5-7/h2-6H,1H3. The first-order chi connectivity index (χ1) is 9.08. The molecule has 0 N–H and O–H groups in total. The number of aromatic nitrogens is 3. The van der Waals surface area contributed by atoms with Gasteiger partial charge in [-0.2, -0.15) is 0 Å². The largest absolute Gasteiger partial charge is 0.325 e. The molecule has 0 aliphatic heterocycles. The van der Waals surface area contributed by atoms with Crippen molar-refractivity contribution in [1.29, 1.82) is 0 Å². The highest BCUT2D eigenvalue weighted by Gasteiger charge is 2.16. The van der Waals surface area contributed by atoms with Crippen molar-refractivity contribution in [1.82, 2.24) is 14.5 Å². The van der Waals surface area contributed by atoms with Crippen molar-refractivity contribution in [3.8, 4) is 11.4 Å². The van der Waals surface area contributed by atoms with Crippen LogP contribution in [0.3, 0.4) is 0 Å². The number of fused-ring (bicyclic) bond motifs is 1. The maximum Gasteiger partial charge on any atom is 0.184 e. The van der Waals surface area contributed by atoms with Gasteiger partial charge in [0.1, 0.15) is 17.2 Å². The summed E-state index contributed by atoms with van der Waals surface area (Å²) in [5.41, 5.74) is 0.749. The maximum absolute atomic E-state index is 13.7. The third kappa shape index (κ3) is 1.76. The van der Waals surface area contributed by atoms with Crippen LogP contribution in [-0.4, -0.2) is 14.5 Å². The Hall–Kier alpha value is -2.37. The van der Waals surface area contributed by atoms with Crippen LogP contribution in [0.2, 0.25) is 0 Å². The molecule has 0 saturated heterocycles. The van der Waals surface area contributed by atoms with Gasteiger partial charge >= 0.3 is 0 Å². The van der Waals surface area contributed by atoms with E-state index >= 15 is 0 Å². The number of hydrogen-bond donors (Lipinski definition) is 0. The van der Waals surface area contributed by atoms with Crippen molar-refractivity contribution >= 4 is 11.0 Å². The zero-order valence-corrected chi connectivity index (χ0v) is 9.86. The van der Waals surface area contributed by atoms with E-state index in [-0.39, 0.29) is 5.52 Å². The zero-order valence-electron chi connectivity index (χ0n) is 9.86. The lowest BCUT2D eigenvalue weighted by Crippen LogP contribution is -1.96. The number of benzene rings is 1. The van der Waals surface area contributed by atoms with E-state index in [9.17, 15) is 13.2 Å². The number of hydrogen-bond acceptors (Lipinski definition) is 2. The van der Waals surface area contributed by atoms with Crippen molar-refractivity contribution in [3.05, 3.63) is 48.0 Å². The van der Waals surface area contributed by atoms with Crippen LogP contribution in [0.25, 0.3) is 22.4 Å². The van der Waals surface area contributed by atoms with Crippen molar-refractivity contribution in [2.75, 3.05) is 0 Å². The van der Waals surface area contributed by atoms with Gasteiger partial charge in [0.2, 0.25) is 0 Å². The van der Waals surface area contributed by atoms with Gasteiger partial charge in [-0.05, 0) is 18.2 Å². The van der Waals surface area contributed by atoms with Gasteiger partial charge in [0.05, 0.1) is 11.7 Å². The quantitative estimate of drug-likeness (QED) is 0.675. The molecule has 0 saturated carbocycles. The predicted octanol–water partition coefficient (Wildman–Crippen LogP) is 3.05. The summed E-state index contributed by atoms with van der Waals surface area (Å²) in [7, 11) is 1.54. The van der Waals surface area contributed by atoms with E-state index in [1.807, 2.05) is 0 Å². The van der Waals surface area contributed by atoms with Crippen LogP contribution in [0, 0.1) is 17.5 Å². The summed E-state index contributed by atoms with van der Waals surface area (Å²) in [6.45, 7) is 0. The fourth-order valence-corrected chi connectivity index (χ4v) is 2.03. The first-order valence-electron chi connectivity index (χ1n) is 5.49. The van der Waals surface area contributed by atoms with E-state index in [0.717, 1.165) is 12.3 Å². The molecule has 0 amide bonds. The molecule has 0 fully saturated rings. The predicted molar refractivity (Wildman–Crippen MR) is 63.8 cm³/mol. The minimum absolute atomic E-state index is 0.0410. The molecule has 3 aromatic rings. The molecule has 1 aromatic carbocycles. The third-order valence-electron chi connectivity index (χ3n) is 2.89. The number of imidazole rings is 1. The van der Waals surface area contributed by atoms with E-state index in [4.69, 9.17) is 0 Å². The summed E-state index contributed by atoms with van der Waals surface area (Å²) in [5.74, 6) is -2.11. The molecule has 3 nitrogen and oxygen atoms in total. The summed E-state index contributed by atoms with van der Waals surface area (Å²) in [5, 5.41) is 0. The Balaban J connectivity index is 2.32. The highest BCUT2D eigenvalue weighted by molar-refractivity contribution is 5.81. The molecule has 19 heavy (non-hydrogen) atoms. The summed E-state index contributed by atoms with van der Waals surface area (Å²) in [6.07, 6.45) is 2.48. The van der Waals surface area contributed by atoms with E-state index < -0.39 is 17.5 Å². The first-order valence-corrected chi connectivity index (χ1v) is 5.49. The van der Waals surface area contributed by atoms with Crippen LogP contribution in [0.1, 0.15) is 0 Å². The minimum atomic E-state index is -0.969. The third-order valence-corrected chi connectivity index (χ3v) is 2.89. The second kappa shape index (κ2) is 4.08. The van der Waals surface area contributed by atoms with Crippen molar-refractivity contribution in [2.24, 2.45) is 7.05 Å². The summed E-state index contributed by atoms with van der Waals surface area (Å²) >= 11 is 0. The number of nitrogens with zero attached hydrogens (tertiary/aromatic N) is 3. The monoisotopic (exact) mass is 263 g/mol. The second-order valence-corrected chi connectivity index (χ2v) is 4.12. The number of rotatable bonds is 1. The average molecular weight is 263 g/mol. The highest BCUT2D eigenvalue weighted by atomic mass is 19.2. The first kappa shape index (κ1) is 11.7. The molecule has 96 valence electrons. The highest BCUT2D eigenvalue weighted by Crippen LogP contribution is 2.26. The lowest BCUT2D eigenvalue weighted by atomic mass is 10.2. The van der Waals surface area contributed by atoms with Crippen molar-refractivity contribution in [3.63, 3.8) is 0 Å². The van der Waals surface area contributed by atoms with E-state index in [1.165, 1.54) is 29.9 Å². The Morgan fingerprint density at radius 1 is 1.11 bits per heavy atom. The fraction of sp³-hybridized carbons (Fsp3) is 0.0769. The van der Waals surface area contributed by atoms with Gasteiger partial charge in [0.15, 0.2) is 11.6 Å². The second-order valence-electron chi connectivity index (χ2n) is 4.12. The maximum atomic E-state index is 13.7. The molecule has 0 radical (unpaired) electrons. The lowest BCUT2D eigenvalue weighted by Gasteiger charge is -2.02. The molecule has 6 heteroatoms. The molecule has 0 aliphatic rings. The Morgan fingerprint density at radius 2 is 1.89 bits per heavy atom. The van der Waals surface area contributed by atoms with Crippen molar-refractivity contribution < 1.29 is 13.2 Å². The van der Waals surface area contributed by atoms with Crippen LogP contribution in [0.5, 0.6) is 0 Å². The number of halogens is 3. The molecular formula is C13H8F3N3. The number of aryl methyl sites for hydroxylation is 1. The Kier molecular flexibility index (Phi) is 2.51. The van der Waals surface area contributed by atoms with Gasteiger partial charge in [-0.15, -0.1) is 0 Å². The Morgan fingerprint density at radius 3 is 2.63 bits per heavy atom. The average Bonchev–Trinajstić information content (AvgIpc) is 2.72. The molecule has 0 unspecified atom stereocenters. The molecule has 3 rings (SSSR count). The van der Waals surface area contributed by atoms with Gasteiger partial charge in [-0.25, -0.2) is 18.2 Å². The van der Waals surface area contributed by atoms with Gasteiger partial charge in [0, 0.05) is 18.8 Å². The summed E-state index contributed by atoms with van der Waals surface area (Å²) in [6, 6.07) is 3.63. The van der Waals surface area contributed by atoms with Crippen LogP contribution >= 0.6 is 0 Å². The molecule has 0 bridgehead atoms. The van der Waals surface area contributed by atoms with E-state index in [0.29, 0.717) is 16.9 Å². The topological polar surface area (TPSA) is 30.7 Å². The lowest BCUT2D eigenvalue weighted by molar-refractivity contribution is 0.513. The smallest absolute Gasteiger partial charge is 0.184 e. The SMILES string of the molecule is Cn1c(-c2cncc(F)c2)nc2ccc(F)c(F)c21. The van der Waals surface area contributed by atoms with Crippen LogP contribution < -0.4 is 0 Å². The Bertz CT molecular complexity index is 780. The molecule has 2 heterocycles. The van der Waals surface area contributed by atoms with Gasteiger partial charge < -0.3 is 4.57 Å². The van der Waals surface area contributed by atoms with Crippen molar-refractivity contribution in [2.45, 2.75) is 0 Å². The summed E-state index contributed by atoms with van der Waals surface area (Å²) in [4.78, 5) is 7.89. The van der Waals surface area contributed by atoms with E-state index in [1.54, 1.807) is 0 Å².